The van der Waals surface area contributed by atoms with Gasteiger partial charge in [-0.25, -0.2) is 0 Å². The van der Waals surface area contributed by atoms with Crippen molar-refractivity contribution in [3.8, 4) is 5.75 Å². The quantitative estimate of drug-likeness (QED) is 0.654. The highest BCUT2D eigenvalue weighted by Crippen LogP contribution is 2.32. The predicted molar refractivity (Wildman–Crippen MR) is 120 cm³/mol. The number of ether oxygens (including phenoxy) is 1. The summed E-state index contributed by atoms with van der Waals surface area (Å²) in [5, 5.41) is 0. The van der Waals surface area contributed by atoms with Crippen molar-refractivity contribution in [1.29, 1.82) is 0 Å². The van der Waals surface area contributed by atoms with E-state index in [-0.39, 0.29) is 11.9 Å². The highest BCUT2D eigenvalue weighted by Gasteiger charge is 2.28. The van der Waals surface area contributed by atoms with Gasteiger partial charge in [0.2, 0.25) is 0 Å². The van der Waals surface area contributed by atoms with Crippen molar-refractivity contribution >= 4 is 16.9 Å². The number of carbonyl (C=O) groups excluding carboxylic acids is 1. The van der Waals surface area contributed by atoms with Gasteiger partial charge in [-0.1, -0.05) is 25.0 Å². The second-order valence-electron chi connectivity index (χ2n) is 7.87. The van der Waals surface area contributed by atoms with Crippen LogP contribution < -0.4 is 15.9 Å². The largest absolute Gasteiger partial charge is 0.497 e. The van der Waals surface area contributed by atoms with E-state index in [0.717, 1.165) is 37.0 Å². The molecule has 2 heterocycles. The summed E-state index contributed by atoms with van der Waals surface area (Å²) in [6.07, 6.45) is 4.01. The van der Waals surface area contributed by atoms with E-state index in [0.29, 0.717) is 29.7 Å². The maximum Gasteiger partial charge on any atom is 0.316 e. The number of nitrogens with one attached hydrogen (secondary N) is 1. The Bertz CT molecular complexity index is 1210. The highest BCUT2D eigenvalue weighted by atomic mass is 16.5. The fourth-order valence-electron chi connectivity index (χ4n) is 4.42. The van der Waals surface area contributed by atoms with E-state index >= 15 is 0 Å². The molecule has 4 rings (SSSR count). The van der Waals surface area contributed by atoms with Crippen LogP contribution in [0.25, 0.3) is 11.0 Å². The summed E-state index contributed by atoms with van der Waals surface area (Å²) in [5.74, 6) is 0.718. The number of fused-ring (bicyclic) bond motifs is 1. The Morgan fingerprint density at radius 1 is 1.10 bits per heavy atom. The first-order chi connectivity index (χ1) is 15.0. The van der Waals surface area contributed by atoms with Crippen molar-refractivity contribution in [1.82, 2.24) is 14.5 Å². The van der Waals surface area contributed by atoms with Gasteiger partial charge in [-0.15, -0.1) is 0 Å². The zero-order chi connectivity index (χ0) is 22.0. The third-order valence-corrected chi connectivity index (χ3v) is 6.05. The van der Waals surface area contributed by atoms with Gasteiger partial charge < -0.3 is 19.2 Å². The van der Waals surface area contributed by atoms with Crippen molar-refractivity contribution in [3.05, 3.63) is 74.3 Å². The van der Waals surface area contributed by atoms with Crippen LogP contribution in [0.3, 0.4) is 0 Å². The van der Waals surface area contributed by atoms with Gasteiger partial charge in [0.05, 0.1) is 24.2 Å². The Labute approximate surface area is 180 Å². The fraction of sp³-hybridized carbons (Fsp3) is 0.375. The summed E-state index contributed by atoms with van der Waals surface area (Å²) < 4.78 is 6.69. The second-order valence-corrected chi connectivity index (χ2v) is 7.87. The van der Waals surface area contributed by atoms with Crippen LogP contribution in [0.15, 0.2) is 52.1 Å². The molecular formula is C24H27N3O4. The minimum atomic E-state index is -0.676. The molecule has 1 aliphatic rings. The summed E-state index contributed by atoms with van der Waals surface area (Å²) in [6, 6.07) is 13.0. The maximum absolute atomic E-state index is 13.6. The molecule has 2 aromatic carbocycles. The first-order valence-corrected chi connectivity index (χ1v) is 10.7. The zero-order valence-electron chi connectivity index (χ0n) is 17.9. The molecule has 31 heavy (non-hydrogen) atoms. The molecule has 3 aromatic rings. The van der Waals surface area contributed by atoms with Gasteiger partial charge in [0.15, 0.2) is 0 Å². The smallest absolute Gasteiger partial charge is 0.316 e. The zero-order valence-corrected chi connectivity index (χ0v) is 17.9. The lowest BCUT2D eigenvalue weighted by atomic mass is 9.99. The van der Waals surface area contributed by atoms with Crippen LogP contribution in [-0.2, 0) is 6.54 Å². The lowest BCUT2D eigenvalue weighted by molar-refractivity contribution is 0.0681. The van der Waals surface area contributed by atoms with Gasteiger partial charge >= 0.3 is 11.1 Å². The van der Waals surface area contributed by atoms with E-state index < -0.39 is 11.1 Å². The number of aryl methyl sites for hydroxylation is 1. The summed E-state index contributed by atoms with van der Waals surface area (Å²) in [6.45, 7) is 2.88. The maximum atomic E-state index is 13.6. The molecule has 1 atom stereocenters. The van der Waals surface area contributed by atoms with E-state index in [9.17, 15) is 14.4 Å². The standard InChI is InChI=1S/C24H27N3O4/c1-3-26-21-13-10-17(15-19(21)25-22(28)24(26)30)23(29)27-14-6-4-5-7-20(27)16-8-11-18(31-2)12-9-16/h8-13,15,20H,3-7,14H2,1-2H3,(H,25,28). The van der Waals surface area contributed by atoms with Crippen LogP contribution in [0, 0.1) is 0 Å². The average Bonchev–Trinajstić information content (AvgIpc) is 3.05. The van der Waals surface area contributed by atoms with Gasteiger partial charge in [0.25, 0.3) is 5.91 Å². The topological polar surface area (TPSA) is 84.4 Å². The molecule has 0 spiro atoms. The number of hydrogen-bond donors (Lipinski definition) is 1. The number of methoxy groups -OCH3 is 1. The lowest BCUT2D eigenvalue weighted by Gasteiger charge is -2.31. The molecule has 162 valence electrons. The molecule has 1 fully saturated rings. The van der Waals surface area contributed by atoms with Crippen molar-refractivity contribution in [2.75, 3.05) is 13.7 Å². The number of benzene rings is 2. The molecule has 7 nitrogen and oxygen atoms in total. The summed E-state index contributed by atoms with van der Waals surface area (Å²) >= 11 is 0. The molecule has 0 saturated carbocycles. The number of hydrogen-bond acceptors (Lipinski definition) is 4. The van der Waals surface area contributed by atoms with E-state index in [4.69, 9.17) is 4.74 Å². The first-order valence-electron chi connectivity index (χ1n) is 10.7. The summed E-state index contributed by atoms with van der Waals surface area (Å²) in [4.78, 5) is 42.2. The van der Waals surface area contributed by atoms with E-state index in [1.807, 2.05) is 36.1 Å². The van der Waals surface area contributed by atoms with Crippen molar-refractivity contribution < 1.29 is 9.53 Å². The molecular weight excluding hydrogens is 394 g/mol. The van der Waals surface area contributed by atoms with Crippen molar-refractivity contribution in [3.63, 3.8) is 0 Å². The van der Waals surface area contributed by atoms with E-state index in [1.54, 1.807) is 25.3 Å². The number of amides is 1. The third-order valence-electron chi connectivity index (χ3n) is 6.05. The molecule has 1 N–H and O–H groups in total. The molecule has 7 heteroatoms. The molecule has 0 aliphatic carbocycles. The van der Waals surface area contributed by atoms with Gasteiger partial charge in [-0.05, 0) is 55.7 Å². The SMILES string of the molecule is CCn1c(=O)c(=O)[nH]c2cc(C(=O)N3CCCCCC3c3ccc(OC)cc3)ccc21. The van der Waals surface area contributed by atoms with Gasteiger partial charge in [0.1, 0.15) is 5.75 Å². The molecule has 1 saturated heterocycles. The first kappa shape index (κ1) is 20.9. The predicted octanol–water partition coefficient (Wildman–Crippen LogP) is 3.48. The fourth-order valence-corrected chi connectivity index (χ4v) is 4.42. The number of H-pyrrole nitrogens is 1. The van der Waals surface area contributed by atoms with Crippen LogP contribution in [0.5, 0.6) is 5.75 Å². The number of aromatic nitrogens is 2. The van der Waals surface area contributed by atoms with Crippen LogP contribution in [0.4, 0.5) is 0 Å². The van der Waals surface area contributed by atoms with Crippen LogP contribution in [-0.4, -0.2) is 34.0 Å². The Balaban J connectivity index is 1.73. The average molecular weight is 421 g/mol. The van der Waals surface area contributed by atoms with Gasteiger partial charge in [-0.3, -0.25) is 14.4 Å². The number of rotatable bonds is 4. The Morgan fingerprint density at radius 3 is 2.58 bits per heavy atom. The van der Waals surface area contributed by atoms with Crippen molar-refractivity contribution in [2.45, 2.75) is 45.2 Å². The van der Waals surface area contributed by atoms with Gasteiger partial charge in [-0.2, -0.15) is 0 Å². The molecule has 1 unspecified atom stereocenters. The minimum Gasteiger partial charge on any atom is -0.497 e. The number of nitrogens with zero attached hydrogens (tertiary/aromatic N) is 2. The van der Waals surface area contributed by atoms with Crippen molar-refractivity contribution in [2.24, 2.45) is 0 Å². The van der Waals surface area contributed by atoms with E-state index in [2.05, 4.69) is 4.98 Å². The van der Waals surface area contributed by atoms with Gasteiger partial charge in [0, 0.05) is 18.7 Å². The second kappa shape index (κ2) is 8.79. The van der Waals surface area contributed by atoms with Crippen LogP contribution in [0.2, 0.25) is 0 Å². The number of carbonyl (C=O) groups is 1. The molecule has 1 aliphatic heterocycles. The lowest BCUT2D eigenvalue weighted by Crippen LogP contribution is -2.36. The molecule has 1 amide bonds. The Morgan fingerprint density at radius 2 is 1.87 bits per heavy atom. The van der Waals surface area contributed by atoms with Crippen LogP contribution >= 0.6 is 0 Å². The summed E-state index contributed by atoms with van der Waals surface area (Å²) in [5.41, 5.74) is 1.44. The minimum absolute atomic E-state index is 0.0137. The third kappa shape index (κ3) is 4.00. The Kier molecular flexibility index (Phi) is 5.93. The molecule has 0 radical (unpaired) electrons. The Hall–Kier alpha value is -3.35. The molecule has 1 aromatic heterocycles. The number of aromatic amines is 1. The number of likely N-dealkylation sites (tertiary alicyclic amines) is 1. The normalized spacial score (nSPS) is 16.8. The summed E-state index contributed by atoms with van der Waals surface area (Å²) in [7, 11) is 1.64. The van der Waals surface area contributed by atoms with Crippen LogP contribution in [0.1, 0.15) is 54.6 Å². The van der Waals surface area contributed by atoms with E-state index in [1.165, 1.54) is 4.57 Å². The molecule has 0 bridgehead atoms. The monoisotopic (exact) mass is 421 g/mol. The highest BCUT2D eigenvalue weighted by molar-refractivity contribution is 5.97.